The molecule has 0 atom stereocenters. The van der Waals surface area contributed by atoms with E-state index in [2.05, 4.69) is 45.2 Å². The maximum Gasteiger partial charge on any atom is 0.135 e. The number of piperidine rings is 1. The predicted octanol–water partition coefficient (Wildman–Crippen LogP) is 6.42. The summed E-state index contributed by atoms with van der Waals surface area (Å²) in [7, 11) is 0. The monoisotopic (exact) mass is 505 g/mol. The number of thioether (sulfide) groups is 1. The third-order valence-corrected chi connectivity index (χ3v) is 8.01. The molecule has 2 fully saturated rings. The summed E-state index contributed by atoms with van der Waals surface area (Å²) < 4.78 is 14.2. The number of alkyl halides is 1. The Kier molecular flexibility index (Phi) is 7.77. The first-order valence-electron chi connectivity index (χ1n) is 12.4. The highest BCUT2D eigenvalue weighted by Gasteiger charge is 2.45. The summed E-state index contributed by atoms with van der Waals surface area (Å²) in [6.07, 6.45) is 10.2. The molecular formula is C29H36FN5S. The summed E-state index contributed by atoms with van der Waals surface area (Å²) in [5.41, 5.74) is 2.90. The number of allylic oxidation sites excluding steroid dienone is 1. The third kappa shape index (κ3) is 5.93. The fraction of sp³-hybridized carbons (Fsp3) is 0.448. The van der Waals surface area contributed by atoms with Gasteiger partial charge in [0.2, 0.25) is 0 Å². The average Bonchev–Trinajstić information content (AvgIpc) is 3.22. The molecule has 0 amide bonds. The van der Waals surface area contributed by atoms with Gasteiger partial charge in [-0.3, -0.25) is 4.90 Å². The lowest BCUT2D eigenvalue weighted by atomic mass is 9.71. The number of fused-ring (bicyclic) bond motifs is 1. The molecule has 0 saturated carbocycles. The molecule has 190 valence electrons. The number of benzene rings is 1. The first-order valence-corrected chi connectivity index (χ1v) is 13.7. The second-order valence-corrected chi connectivity index (χ2v) is 11.6. The molecule has 3 heterocycles. The number of nitrogens with zero attached hydrogens (tertiary/aromatic N) is 4. The number of H-pyrrole nitrogens is 1. The van der Waals surface area contributed by atoms with Gasteiger partial charge in [-0.05, 0) is 67.0 Å². The summed E-state index contributed by atoms with van der Waals surface area (Å²) in [6, 6.07) is 8.06. The molecule has 5 nitrogen and oxygen atoms in total. The maximum atomic E-state index is 14.2. The van der Waals surface area contributed by atoms with Crippen molar-refractivity contribution in [2.45, 2.75) is 45.3 Å². The Bertz CT molecular complexity index is 1230. The molecule has 0 aliphatic carbocycles. The summed E-state index contributed by atoms with van der Waals surface area (Å²) in [5.74, 6) is 0.842. The van der Waals surface area contributed by atoms with Crippen molar-refractivity contribution in [3.63, 3.8) is 0 Å². The number of halogens is 1. The molecule has 36 heavy (non-hydrogen) atoms. The van der Waals surface area contributed by atoms with Gasteiger partial charge in [-0.2, -0.15) is 5.26 Å². The number of rotatable bonds is 8. The van der Waals surface area contributed by atoms with Crippen LogP contribution in [-0.2, 0) is 6.54 Å². The highest BCUT2D eigenvalue weighted by molar-refractivity contribution is 8.02. The van der Waals surface area contributed by atoms with E-state index in [9.17, 15) is 4.39 Å². The zero-order chi connectivity index (χ0) is 25.9. The van der Waals surface area contributed by atoms with Gasteiger partial charge in [0.05, 0.1) is 11.6 Å². The lowest BCUT2D eigenvalue weighted by Gasteiger charge is -2.54. The minimum atomic E-state index is -1.26. The summed E-state index contributed by atoms with van der Waals surface area (Å²) in [4.78, 5) is 13.7. The SMILES string of the molecule is C=CN=C(C(=C)/C=C(/CC(C)(C)F)SC)N1CCC2(CC1)CN(Cc1c[nH]c3cc(C#N)ccc13)C2. The number of nitrogens with one attached hydrogen (secondary N) is 1. The molecule has 2 aromatic rings. The maximum absolute atomic E-state index is 14.2. The number of aliphatic imine (C=N–C) groups is 1. The Labute approximate surface area is 218 Å². The standard InChI is InChI=1S/C29H36FN5S/c1-6-32-27(21(2)13-24(36-5)15-28(3,4)30)35-11-9-29(10-12-35)19-34(20-29)18-23-17-33-26-14-22(16-31)7-8-25(23)26/h6-8,13-14,17,33H,1-2,9-12,15,18-20H2,3-5H3/b24-13-,32-27?. The second-order valence-electron chi connectivity index (χ2n) is 10.7. The number of hydrogen-bond donors (Lipinski definition) is 1. The number of aromatic amines is 1. The van der Waals surface area contributed by atoms with Crippen molar-refractivity contribution in [2.75, 3.05) is 32.4 Å². The van der Waals surface area contributed by atoms with Crippen molar-refractivity contribution in [2.24, 2.45) is 10.4 Å². The van der Waals surface area contributed by atoms with Crippen LogP contribution in [0.3, 0.4) is 0 Å². The lowest BCUT2D eigenvalue weighted by Crippen LogP contribution is -2.60. The van der Waals surface area contributed by atoms with Crippen LogP contribution in [0.2, 0.25) is 0 Å². The van der Waals surface area contributed by atoms with E-state index in [0.29, 0.717) is 17.4 Å². The van der Waals surface area contributed by atoms with Gasteiger partial charge in [0.25, 0.3) is 0 Å². The van der Waals surface area contributed by atoms with Crippen LogP contribution in [0.25, 0.3) is 10.9 Å². The van der Waals surface area contributed by atoms with Crippen molar-refractivity contribution in [3.8, 4) is 6.07 Å². The van der Waals surface area contributed by atoms with Crippen LogP contribution in [0.4, 0.5) is 4.39 Å². The summed E-state index contributed by atoms with van der Waals surface area (Å²) >= 11 is 1.56. The van der Waals surface area contributed by atoms with Gasteiger partial charge < -0.3 is 9.88 Å². The molecule has 1 N–H and O–H groups in total. The fourth-order valence-electron chi connectivity index (χ4n) is 5.46. The van der Waals surface area contributed by atoms with E-state index in [0.717, 1.165) is 67.4 Å². The first kappa shape index (κ1) is 26.2. The van der Waals surface area contributed by atoms with E-state index < -0.39 is 5.67 Å². The Morgan fingerprint density at radius 3 is 2.67 bits per heavy atom. The van der Waals surface area contributed by atoms with Crippen molar-refractivity contribution in [1.82, 2.24) is 14.8 Å². The summed E-state index contributed by atoms with van der Waals surface area (Å²) in [6.45, 7) is 16.3. The third-order valence-electron chi connectivity index (χ3n) is 7.22. The molecule has 2 saturated heterocycles. The minimum absolute atomic E-state index is 0.357. The average molecular weight is 506 g/mol. The number of likely N-dealkylation sites (tertiary alicyclic amines) is 2. The van der Waals surface area contributed by atoms with Gasteiger partial charge in [-0.15, -0.1) is 11.8 Å². The Hall–Kier alpha value is -2.82. The molecule has 1 aromatic carbocycles. The molecular weight excluding hydrogens is 469 g/mol. The van der Waals surface area contributed by atoms with Gasteiger partial charge in [0.15, 0.2) is 0 Å². The molecule has 4 rings (SSSR count). The van der Waals surface area contributed by atoms with Crippen molar-refractivity contribution >= 4 is 28.5 Å². The number of amidine groups is 1. The zero-order valence-corrected chi connectivity index (χ0v) is 22.4. The molecule has 2 aliphatic heterocycles. The van der Waals surface area contributed by atoms with Crippen LogP contribution >= 0.6 is 11.8 Å². The van der Waals surface area contributed by atoms with Gasteiger partial charge >= 0.3 is 0 Å². The van der Waals surface area contributed by atoms with Crippen LogP contribution in [-0.4, -0.2) is 58.7 Å². The normalized spacial score (nSPS) is 18.8. The van der Waals surface area contributed by atoms with Crippen LogP contribution in [0, 0.1) is 16.7 Å². The molecule has 0 radical (unpaired) electrons. The number of aromatic nitrogens is 1. The molecule has 1 aromatic heterocycles. The van der Waals surface area contributed by atoms with Gasteiger partial charge in [-0.25, -0.2) is 9.38 Å². The van der Waals surface area contributed by atoms with Crippen LogP contribution in [0.1, 0.15) is 44.2 Å². The second kappa shape index (κ2) is 10.7. The van der Waals surface area contributed by atoms with Gasteiger partial charge in [-0.1, -0.05) is 19.2 Å². The Morgan fingerprint density at radius 2 is 2.06 bits per heavy atom. The van der Waals surface area contributed by atoms with Gasteiger partial charge in [0, 0.05) is 68.0 Å². The van der Waals surface area contributed by atoms with Crippen LogP contribution in [0.5, 0.6) is 0 Å². The molecule has 7 heteroatoms. The van der Waals surface area contributed by atoms with E-state index in [4.69, 9.17) is 5.26 Å². The topological polar surface area (TPSA) is 58.4 Å². The van der Waals surface area contributed by atoms with E-state index in [1.807, 2.05) is 30.5 Å². The fourth-order valence-corrected chi connectivity index (χ4v) is 6.21. The van der Waals surface area contributed by atoms with Crippen molar-refractivity contribution in [1.29, 1.82) is 5.26 Å². The van der Waals surface area contributed by atoms with Gasteiger partial charge in [0.1, 0.15) is 11.5 Å². The molecule has 1 spiro atoms. The van der Waals surface area contributed by atoms with E-state index in [-0.39, 0.29) is 0 Å². The van der Waals surface area contributed by atoms with E-state index >= 15 is 0 Å². The summed E-state index contributed by atoms with van der Waals surface area (Å²) in [5, 5.41) is 10.3. The quantitative estimate of drug-likeness (QED) is 0.255. The number of nitriles is 1. The van der Waals surface area contributed by atoms with Crippen LogP contribution in [0.15, 0.2) is 65.3 Å². The molecule has 2 aliphatic rings. The van der Waals surface area contributed by atoms with Crippen molar-refractivity contribution in [3.05, 3.63) is 71.4 Å². The predicted molar refractivity (Wildman–Crippen MR) is 150 cm³/mol. The largest absolute Gasteiger partial charge is 0.361 e. The Morgan fingerprint density at radius 1 is 1.33 bits per heavy atom. The molecule has 0 bridgehead atoms. The van der Waals surface area contributed by atoms with E-state index in [1.54, 1.807) is 31.8 Å². The number of hydrogen-bond acceptors (Lipinski definition) is 4. The molecule has 0 unspecified atom stereocenters. The first-order chi connectivity index (χ1) is 17.1. The van der Waals surface area contributed by atoms with Crippen molar-refractivity contribution < 1.29 is 4.39 Å². The van der Waals surface area contributed by atoms with E-state index in [1.165, 1.54) is 10.9 Å². The minimum Gasteiger partial charge on any atom is -0.361 e. The highest BCUT2D eigenvalue weighted by Crippen LogP contribution is 2.42. The smallest absolute Gasteiger partial charge is 0.135 e. The highest BCUT2D eigenvalue weighted by atomic mass is 32.2. The lowest BCUT2D eigenvalue weighted by molar-refractivity contribution is -0.0409. The Balaban J connectivity index is 1.34. The van der Waals surface area contributed by atoms with Crippen LogP contribution < -0.4 is 0 Å². The zero-order valence-electron chi connectivity index (χ0n) is 21.6.